The first-order valence-corrected chi connectivity index (χ1v) is 4.06. The Balaban J connectivity index is 0. The van der Waals surface area contributed by atoms with Gasteiger partial charge in [-0.1, -0.05) is 14.4 Å². The number of likely N-dealkylation sites (N-methyl/N-ethyl adjacent to an activating group) is 2. The van der Waals surface area contributed by atoms with Gasteiger partial charge in [0.25, 0.3) is 0 Å². The fourth-order valence-electron chi connectivity index (χ4n) is 0.787. The molecule has 0 spiro atoms. The summed E-state index contributed by atoms with van der Waals surface area (Å²) in [5, 5.41) is 2.46. The Bertz CT molecular complexity index is 169. The first-order valence-electron chi connectivity index (χ1n) is 4.06. The second kappa shape index (κ2) is 7.58. The minimum atomic E-state index is -0.137. The number of carbonyl (C=O) groups excluding carboxylic acids is 2. The van der Waals surface area contributed by atoms with E-state index < -0.39 is 0 Å². The maximum absolute atomic E-state index is 11.1. The third-order valence-electron chi connectivity index (χ3n) is 1.55. The number of nitrogens with zero attached hydrogens (tertiary/aromatic N) is 1. The summed E-state index contributed by atoms with van der Waals surface area (Å²) in [7, 11) is 3.19. The van der Waals surface area contributed by atoms with Crippen LogP contribution < -0.4 is 5.32 Å². The molecule has 0 atom stereocenters. The highest BCUT2D eigenvalue weighted by Crippen LogP contribution is 1.93. The zero-order valence-electron chi connectivity index (χ0n) is 7.89. The summed E-state index contributed by atoms with van der Waals surface area (Å²) in [6, 6.07) is 0. The summed E-state index contributed by atoms with van der Waals surface area (Å²) in [6.45, 7) is 2.08. The van der Waals surface area contributed by atoms with Crippen LogP contribution in [0.3, 0.4) is 0 Å². The lowest BCUT2D eigenvalue weighted by atomic mass is 10.3. The van der Waals surface area contributed by atoms with E-state index in [1.807, 2.05) is 6.92 Å². The minimum Gasteiger partial charge on any atom is -0.358 e. The van der Waals surface area contributed by atoms with E-state index in [-0.39, 0.29) is 25.8 Å². The first-order chi connectivity index (χ1) is 5.61. The Morgan fingerprint density at radius 3 is 2.31 bits per heavy atom. The molecule has 0 fully saturated rings. The van der Waals surface area contributed by atoms with E-state index in [1.54, 1.807) is 14.1 Å². The first kappa shape index (κ1) is 14.5. The second-order valence-electron chi connectivity index (χ2n) is 2.67. The molecule has 0 aromatic rings. The molecule has 0 aliphatic heterocycles. The average molecular weight is 188 g/mol. The average Bonchev–Trinajstić information content (AvgIpc) is 2.04. The van der Waals surface area contributed by atoms with Gasteiger partial charge in [0.2, 0.25) is 11.8 Å². The quantitative estimate of drug-likeness (QED) is 0.703. The van der Waals surface area contributed by atoms with Gasteiger partial charge in [-0.15, -0.1) is 0 Å². The lowest BCUT2D eigenvalue weighted by Gasteiger charge is -2.15. The summed E-state index contributed by atoms with van der Waals surface area (Å²) in [6.07, 6.45) is 1.32. The maximum Gasteiger partial charge on any atom is 0.239 e. The highest BCUT2D eigenvalue weighted by molar-refractivity contribution is 5.84. The zero-order valence-corrected chi connectivity index (χ0v) is 7.89. The van der Waals surface area contributed by atoms with Crippen molar-refractivity contribution in [2.45, 2.75) is 27.2 Å². The largest absolute Gasteiger partial charge is 0.358 e. The molecule has 0 aromatic carbocycles. The van der Waals surface area contributed by atoms with Crippen molar-refractivity contribution >= 4 is 11.8 Å². The molecule has 0 aliphatic rings. The van der Waals surface area contributed by atoms with Crippen LogP contribution in [0, 0.1) is 0 Å². The van der Waals surface area contributed by atoms with Crippen LogP contribution in [0.4, 0.5) is 0 Å². The van der Waals surface area contributed by atoms with Crippen LogP contribution in [0.15, 0.2) is 0 Å². The van der Waals surface area contributed by atoms with Crippen LogP contribution in [-0.2, 0) is 9.59 Å². The smallest absolute Gasteiger partial charge is 0.239 e. The van der Waals surface area contributed by atoms with Crippen molar-refractivity contribution < 1.29 is 9.59 Å². The molecule has 0 heterocycles. The summed E-state index contributed by atoms with van der Waals surface area (Å²) in [4.78, 5) is 23.4. The van der Waals surface area contributed by atoms with Crippen LogP contribution in [0.2, 0.25) is 0 Å². The highest BCUT2D eigenvalue weighted by Gasteiger charge is 2.09. The topological polar surface area (TPSA) is 49.4 Å². The van der Waals surface area contributed by atoms with E-state index in [2.05, 4.69) is 5.32 Å². The molecule has 0 rings (SSSR count). The van der Waals surface area contributed by atoms with Gasteiger partial charge in [-0.25, -0.2) is 0 Å². The van der Waals surface area contributed by atoms with E-state index in [1.165, 1.54) is 4.90 Å². The third-order valence-corrected chi connectivity index (χ3v) is 1.55. The number of amides is 2. The number of carbonyl (C=O) groups is 2. The molecule has 0 aromatic heterocycles. The Labute approximate surface area is 80.3 Å². The van der Waals surface area contributed by atoms with Gasteiger partial charge in [0.15, 0.2) is 0 Å². The van der Waals surface area contributed by atoms with Gasteiger partial charge in [0.1, 0.15) is 0 Å². The molecule has 0 aliphatic carbocycles. The fraction of sp³-hybridized carbons (Fsp3) is 0.778. The molecule has 13 heavy (non-hydrogen) atoms. The monoisotopic (exact) mass is 188 g/mol. The van der Waals surface area contributed by atoms with Crippen LogP contribution in [0.1, 0.15) is 27.2 Å². The molecule has 4 heteroatoms. The predicted molar refractivity (Wildman–Crippen MR) is 53.3 cm³/mol. The van der Waals surface area contributed by atoms with Crippen molar-refractivity contribution in [2.75, 3.05) is 20.6 Å². The molecule has 0 radical (unpaired) electrons. The van der Waals surface area contributed by atoms with Gasteiger partial charge in [-0.2, -0.15) is 0 Å². The molecule has 78 valence electrons. The SMILES string of the molecule is C.CCCC(=O)N(C)CC(=O)NC. The molecule has 0 saturated carbocycles. The molecule has 0 unspecified atom stereocenters. The number of hydrogen-bond acceptors (Lipinski definition) is 2. The molecule has 2 amide bonds. The maximum atomic E-state index is 11.1. The van der Waals surface area contributed by atoms with Crippen LogP contribution in [-0.4, -0.2) is 37.4 Å². The van der Waals surface area contributed by atoms with Crippen molar-refractivity contribution in [3.63, 3.8) is 0 Å². The summed E-state index contributed by atoms with van der Waals surface area (Å²) >= 11 is 0. The number of nitrogens with one attached hydrogen (secondary N) is 1. The van der Waals surface area contributed by atoms with E-state index >= 15 is 0 Å². The van der Waals surface area contributed by atoms with E-state index in [0.29, 0.717) is 6.42 Å². The number of rotatable bonds is 4. The Hall–Kier alpha value is -1.06. The van der Waals surface area contributed by atoms with Gasteiger partial charge in [-0.05, 0) is 6.42 Å². The van der Waals surface area contributed by atoms with Crippen molar-refractivity contribution in [3.05, 3.63) is 0 Å². The molecule has 1 N–H and O–H groups in total. The third kappa shape index (κ3) is 6.13. The summed E-state index contributed by atoms with van der Waals surface area (Å²) in [5.41, 5.74) is 0. The Morgan fingerprint density at radius 2 is 1.92 bits per heavy atom. The zero-order chi connectivity index (χ0) is 9.56. The van der Waals surface area contributed by atoms with Crippen molar-refractivity contribution in [3.8, 4) is 0 Å². The molecule has 4 nitrogen and oxygen atoms in total. The standard InChI is InChI=1S/C8H16N2O2.CH4/c1-4-5-8(12)10(3)6-7(11)9-2;/h4-6H2,1-3H3,(H,9,11);1H4. The number of hydrogen-bond donors (Lipinski definition) is 1. The minimum absolute atomic E-state index is 0. The molecular formula is C9H20N2O2. The van der Waals surface area contributed by atoms with E-state index in [4.69, 9.17) is 0 Å². The van der Waals surface area contributed by atoms with Gasteiger partial charge in [0.05, 0.1) is 6.54 Å². The van der Waals surface area contributed by atoms with Gasteiger partial charge in [0, 0.05) is 20.5 Å². The van der Waals surface area contributed by atoms with Gasteiger partial charge in [-0.3, -0.25) is 9.59 Å². The lowest BCUT2D eigenvalue weighted by Crippen LogP contribution is -2.36. The molecular weight excluding hydrogens is 168 g/mol. The second-order valence-corrected chi connectivity index (χ2v) is 2.67. The van der Waals surface area contributed by atoms with Gasteiger partial charge >= 0.3 is 0 Å². The summed E-state index contributed by atoms with van der Waals surface area (Å²) in [5.74, 6) is -0.122. The highest BCUT2D eigenvalue weighted by atomic mass is 16.2. The van der Waals surface area contributed by atoms with Crippen LogP contribution in [0.5, 0.6) is 0 Å². The lowest BCUT2D eigenvalue weighted by molar-refractivity contribution is -0.134. The van der Waals surface area contributed by atoms with Crippen LogP contribution >= 0.6 is 0 Å². The van der Waals surface area contributed by atoms with E-state index in [9.17, 15) is 9.59 Å². The van der Waals surface area contributed by atoms with Crippen molar-refractivity contribution in [1.29, 1.82) is 0 Å². The Morgan fingerprint density at radius 1 is 1.38 bits per heavy atom. The molecule has 0 saturated heterocycles. The van der Waals surface area contributed by atoms with E-state index in [0.717, 1.165) is 6.42 Å². The predicted octanol–water partition coefficient (Wildman–Crippen LogP) is 0.627. The fourth-order valence-corrected chi connectivity index (χ4v) is 0.787. The normalized spacial score (nSPS) is 8.54. The van der Waals surface area contributed by atoms with Gasteiger partial charge < -0.3 is 10.2 Å². The van der Waals surface area contributed by atoms with Crippen molar-refractivity contribution in [2.24, 2.45) is 0 Å². The summed E-state index contributed by atoms with van der Waals surface area (Å²) < 4.78 is 0. The van der Waals surface area contributed by atoms with Crippen LogP contribution in [0.25, 0.3) is 0 Å². The molecule has 0 bridgehead atoms. The van der Waals surface area contributed by atoms with Crippen molar-refractivity contribution in [1.82, 2.24) is 10.2 Å². The Kier molecular flexibility index (Phi) is 8.44.